The summed E-state index contributed by atoms with van der Waals surface area (Å²) in [6, 6.07) is 8.30. The summed E-state index contributed by atoms with van der Waals surface area (Å²) in [6.45, 7) is 2.02. The molecule has 3 heteroatoms. The minimum Gasteiger partial charge on any atom is -0.366 e. The van der Waals surface area contributed by atoms with Gasteiger partial charge < -0.3 is 9.47 Å². The molecule has 0 saturated heterocycles. The molecule has 1 aliphatic heterocycles. The Hall–Kier alpha value is -0.900. The lowest BCUT2D eigenvalue weighted by atomic mass is 9.91. The number of rotatable bonds is 2. The van der Waals surface area contributed by atoms with Crippen molar-refractivity contribution < 1.29 is 9.47 Å². The van der Waals surface area contributed by atoms with Crippen molar-refractivity contribution in [3.05, 3.63) is 35.4 Å². The maximum atomic E-state index is 5.55. The average molecular weight is 207 g/mol. The molecule has 1 heterocycles. The Morgan fingerprint density at radius 3 is 2.73 bits per heavy atom. The van der Waals surface area contributed by atoms with Crippen molar-refractivity contribution >= 4 is 0 Å². The molecule has 1 aromatic rings. The fourth-order valence-electron chi connectivity index (χ4n) is 2.11. The van der Waals surface area contributed by atoms with Crippen molar-refractivity contribution in [1.29, 1.82) is 0 Å². The molecule has 2 atom stereocenters. The van der Waals surface area contributed by atoms with Crippen molar-refractivity contribution in [2.45, 2.75) is 25.3 Å². The van der Waals surface area contributed by atoms with E-state index in [0.29, 0.717) is 0 Å². The number of ether oxygens (including phenoxy) is 2. The lowest BCUT2D eigenvalue weighted by Crippen LogP contribution is -2.52. The molecule has 0 bridgehead atoms. The van der Waals surface area contributed by atoms with Gasteiger partial charge in [-0.3, -0.25) is 5.32 Å². The lowest BCUT2D eigenvalue weighted by molar-refractivity contribution is -0.0896. The van der Waals surface area contributed by atoms with Crippen LogP contribution in [0.15, 0.2) is 24.3 Å². The van der Waals surface area contributed by atoms with Gasteiger partial charge in [0.2, 0.25) is 0 Å². The van der Waals surface area contributed by atoms with Crippen LogP contribution in [0.25, 0.3) is 0 Å². The van der Waals surface area contributed by atoms with Crippen molar-refractivity contribution in [3.63, 3.8) is 0 Å². The summed E-state index contributed by atoms with van der Waals surface area (Å²) in [5.41, 5.74) is 2.03. The molecule has 82 valence electrons. The molecule has 0 saturated carbocycles. The summed E-state index contributed by atoms with van der Waals surface area (Å²) < 4.78 is 10.9. The van der Waals surface area contributed by atoms with Crippen LogP contribution in [0.4, 0.5) is 0 Å². The molecule has 2 unspecified atom stereocenters. The van der Waals surface area contributed by atoms with Gasteiger partial charge in [0, 0.05) is 26.2 Å². The molecule has 1 aliphatic rings. The Bertz CT molecular complexity index is 353. The molecule has 0 radical (unpaired) electrons. The Kier molecular flexibility index (Phi) is 2.78. The average Bonchev–Trinajstić information content (AvgIpc) is 2.29. The smallest absolute Gasteiger partial charge is 0.144 e. The van der Waals surface area contributed by atoms with E-state index in [1.807, 2.05) is 19.1 Å². The summed E-state index contributed by atoms with van der Waals surface area (Å²) in [5, 5.41) is 3.34. The predicted molar refractivity (Wildman–Crippen MR) is 58.4 cm³/mol. The highest BCUT2D eigenvalue weighted by Gasteiger charge is 2.35. The second-order valence-electron chi connectivity index (χ2n) is 3.97. The highest BCUT2D eigenvalue weighted by atomic mass is 16.5. The third-order valence-corrected chi connectivity index (χ3v) is 3.07. The van der Waals surface area contributed by atoms with E-state index in [2.05, 4.69) is 17.4 Å². The monoisotopic (exact) mass is 207 g/mol. The highest BCUT2D eigenvalue weighted by Crippen LogP contribution is 2.30. The van der Waals surface area contributed by atoms with Crippen molar-refractivity contribution in [2.24, 2.45) is 0 Å². The van der Waals surface area contributed by atoms with Gasteiger partial charge in [-0.2, -0.15) is 0 Å². The van der Waals surface area contributed by atoms with Crippen LogP contribution >= 0.6 is 0 Å². The van der Waals surface area contributed by atoms with Gasteiger partial charge in [0.05, 0.1) is 0 Å². The summed E-state index contributed by atoms with van der Waals surface area (Å²) >= 11 is 0. The first-order valence-electron chi connectivity index (χ1n) is 5.13. The van der Waals surface area contributed by atoms with Crippen LogP contribution in [-0.2, 0) is 21.6 Å². The third kappa shape index (κ3) is 1.78. The van der Waals surface area contributed by atoms with Gasteiger partial charge in [0.1, 0.15) is 12.0 Å². The van der Waals surface area contributed by atoms with E-state index in [0.717, 1.165) is 6.42 Å². The molecule has 15 heavy (non-hydrogen) atoms. The van der Waals surface area contributed by atoms with Gasteiger partial charge in [-0.15, -0.1) is 0 Å². The van der Waals surface area contributed by atoms with E-state index in [4.69, 9.17) is 9.47 Å². The molecule has 1 N–H and O–H groups in total. The van der Waals surface area contributed by atoms with Crippen LogP contribution < -0.4 is 5.32 Å². The molecule has 0 fully saturated rings. The summed E-state index contributed by atoms with van der Waals surface area (Å²) in [4.78, 5) is 0. The second-order valence-corrected chi connectivity index (χ2v) is 3.97. The number of fused-ring (bicyclic) bond motifs is 1. The number of methoxy groups -OCH3 is 2. The number of nitrogens with one attached hydrogen (secondary N) is 1. The van der Waals surface area contributed by atoms with Gasteiger partial charge in [-0.05, 0) is 12.5 Å². The van der Waals surface area contributed by atoms with Crippen LogP contribution in [-0.4, -0.2) is 20.4 Å². The Labute approximate surface area is 90.4 Å². The SMILES string of the molecule is COC1Cc2ccccc2C(C)(OC)N1. The maximum absolute atomic E-state index is 5.55. The normalized spacial score (nSPS) is 29.9. The van der Waals surface area contributed by atoms with Crippen molar-refractivity contribution in [1.82, 2.24) is 5.32 Å². The first-order valence-corrected chi connectivity index (χ1v) is 5.13. The molecule has 0 amide bonds. The van der Waals surface area contributed by atoms with Crippen molar-refractivity contribution in [3.8, 4) is 0 Å². The van der Waals surface area contributed by atoms with Crippen LogP contribution in [0.1, 0.15) is 18.1 Å². The second kappa shape index (κ2) is 3.93. The standard InChI is InChI=1S/C12H17NO2/c1-12(15-3)10-7-5-4-6-9(10)8-11(13-12)14-2/h4-7,11,13H,8H2,1-3H3. The third-order valence-electron chi connectivity index (χ3n) is 3.07. The zero-order valence-electron chi connectivity index (χ0n) is 9.41. The minimum atomic E-state index is -0.449. The zero-order valence-corrected chi connectivity index (χ0v) is 9.41. The maximum Gasteiger partial charge on any atom is 0.144 e. The Balaban J connectivity index is 2.43. The van der Waals surface area contributed by atoms with Gasteiger partial charge >= 0.3 is 0 Å². The van der Waals surface area contributed by atoms with E-state index in [1.165, 1.54) is 11.1 Å². The van der Waals surface area contributed by atoms with Crippen LogP contribution in [0.2, 0.25) is 0 Å². The fraction of sp³-hybridized carbons (Fsp3) is 0.500. The molecular formula is C12H17NO2. The minimum absolute atomic E-state index is 0.0184. The van der Waals surface area contributed by atoms with Crippen LogP contribution in [0.3, 0.4) is 0 Å². The summed E-state index contributed by atoms with van der Waals surface area (Å²) in [5.74, 6) is 0. The molecule has 3 nitrogen and oxygen atoms in total. The molecule has 0 aliphatic carbocycles. The van der Waals surface area contributed by atoms with Gasteiger partial charge in [-0.1, -0.05) is 24.3 Å². The highest BCUT2D eigenvalue weighted by molar-refractivity contribution is 5.34. The van der Waals surface area contributed by atoms with E-state index < -0.39 is 5.72 Å². The predicted octanol–water partition coefficient (Wildman–Crippen LogP) is 1.62. The summed E-state index contributed by atoms with van der Waals surface area (Å²) in [7, 11) is 3.42. The molecular weight excluding hydrogens is 190 g/mol. The number of benzene rings is 1. The van der Waals surface area contributed by atoms with Crippen LogP contribution in [0, 0.1) is 0 Å². The number of hydrogen-bond donors (Lipinski definition) is 1. The van der Waals surface area contributed by atoms with E-state index in [-0.39, 0.29) is 6.23 Å². The largest absolute Gasteiger partial charge is 0.366 e. The topological polar surface area (TPSA) is 30.5 Å². The van der Waals surface area contributed by atoms with E-state index in [9.17, 15) is 0 Å². The van der Waals surface area contributed by atoms with E-state index in [1.54, 1.807) is 14.2 Å². The number of hydrogen-bond acceptors (Lipinski definition) is 3. The fourth-order valence-corrected chi connectivity index (χ4v) is 2.11. The Morgan fingerprint density at radius 2 is 2.07 bits per heavy atom. The summed E-state index contributed by atoms with van der Waals surface area (Å²) in [6.07, 6.45) is 0.899. The zero-order chi connectivity index (χ0) is 10.9. The first-order chi connectivity index (χ1) is 7.19. The lowest BCUT2D eigenvalue weighted by Gasteiger charge is -2.39. The molecule has 1 aromatic carbocycles. The van der Waals surface area contributed by atoms with E-state index >= 15 is 0 Å². The quantitative estimate of drug-likeness (QED) is 0.799. The molecule has 0 aromatic heterocycles. The van der Waals surface area contributed by atoms with Crippen LogP contribution in [0.5, 0.6) is 0 Å². The molecule has 0 spiro atoms. The van der Waals surface area contributed by atoms with Gasteiger partial charge in [0.15, 0.2) is 0 Å². The first kappa shape index (κ1) is 10.6. The van der Waals surface area contributed by atoms with Gasteiger partial charge in [-0.25, -0.2) is 0 Å². The van der Waals surface area contributed by atoms with Gasteiger partial charge in [0.25, 0.3) is 0 Å². The molecule has 2 rings (SSSR count). The Morgan fingerprint density at radius 1 is 1.33 bits per heavy atom. The van der Waals surface area contributed by atoms with Crippen molar-refractivity contribution in [2.75, 3.05) is 14.2 Å².